The lowest BCUT2D eigenvalue weighted by atomic mass is 9.99. The van der Waals surface area contributed by atoms with Gasteiger partial charge in [-0.2, -0.15) is 0 Å². The number of ether oxygens (including phenoxy) is 1. The van der Waals surface area contributed by atoms with Crippen molar-refractivity contribution >= 4 is 41.6 Å². The highest BCUT2D eigenvalue weighted by Gasteiger charge is 2.52. The van der Waals surface area contributed by atoms with E-state index in [1.165, 1.54) is 0 Å². The average Bonchev–Trinajstić information content (AvgIpc) is 2.45. The molecule has 11 heteroatoms. The number of rotatable bonds is 11. The molecule has 0 saturated carbocycles. The van der Waals surface area contributed by atoms with Gasteiger partial charge in [-0.3, -0.25) is 0 Å². The Balaban J connectivity index is 3.50. The van der Waals surface area contributed by atoms with E-state index < -0.39 is 47.9 Å². The van der Waals surface area contributed by atoms with Crippen LogP contribution in [0.4, 0.5) is 0 Å². The van der Waals surface area contributed by atoms with Crippen LogP contribution in [0.5, 0.6) is 0 Å². The highest BCUT2D eigenvalue weighted by Crippen LogP contribution is 2.35. The molecule has 1 heterocycles. The summed E-state index contributed by atoms with van der Waals surface area (Å²) in [7, 11) is -9.37. The van der Waals surface area contributed by atoms with E-state index >= 15 is 0 Å². The molecule has 5 atom stereocenters. The molecule has 1 unspecified atom stereocenters. The molecule has 6 nitrogen and oxygen atoms in total. The molecular weight excluding hydrogens is 489 g/mol. The van der Waals surface area contributed by atoms with Crippen LogP contribution in [-0.4, -0.2) is 78.9 Å². The van der Waals surface area contributed by atoms with E-state index in [0.29, 0.717) is 6.61 Å². The summed E-state index contributed by atoms with van der Waals surface area (Å²) in [5.41, 5.74) is 0. The average molecular weight is 541 g/mol. The van der Waals surface area contributed by atoms with Crippen molar-refractivity contribution in [1.29, 1.82) is 0 Å². The van der Waals surface area contributed by atoms with Crippen molar-refractivity contribution in [3.05, 3.63) is 0 Å². The minimum Gasteiger partial charge on any atom is -0.415 e. The fourth-order valence-electron chi connectivity index (χ4n) is 3.41. The van der Waals surface area contributed by atoms with Gasteiger partial charge in [0.1, 0.15) is 24.4 Å². The summed E-state index contributed by atoms with van der Waals surface area (Å²) in [5, 5.41) is 0. The molecule has 1 fully saturated rings. The minimum atomic E-state index is -1.92. The Morgan fingerprint density at radius 3 is 1.22 bits per heavy atom. The van der Waals surface area contributed by atoms with Gasteiger partial charge in [0.05, 0.1) is 6.61 Å². The van der Waals surface area contributed by atoms with Crippen LogP contribution in [0.15, 0.2) is 0 Å². The predicted octanol–water partition coefficient (Wildman–Crippen LogP) is 6.07. The third-order valence-electron chi connectivity index (χ3n) is 4.21. The monoisotopic (exact) mass is 540 g/mol. The van der Waals surface area contributed by atoms with E-state index in [4.69, 9.17) is 26.9 Å². The second kappa shape index (κ2) is 10.8. The summed E-state index contributed by atoms with van der Waals surface area (Å²) < 4.78 is 39.9. The zero-order chi connectivity index (χ0) is 25.3. The van der Waals surface area contributed by atoms with Crippen molar-refractivity contribution in [2.45, 2.75) is 129 Å². The van der Waals surface area contributed by atoms with Crippen LogP contribution in [0.1, 0.15) is 0 Å². The van der Waals surface area contributed by atoms with Crippen molar-refractivity contribution in [3.8, 4) is 0 Å². The predicted molar refractivity (Wildman–Crippen MR) is 147 cm³/mol. The van der Waals surface area contributed by atoms with Crippen LogP contribution < -0.4 is 0 Å². The highest BCUT2D eigenvalue weighted by molar-refractivity contribution is 6.71. The lowest BCUT2D eigenvalue weighted by molar-refractivity contribution is -0.268. The van der Waals surface area contributed by atoms with Crippen LogP contribution in [0.3, 0.4) is 0 Å². The van der Waals surface area contributed by atoms with Gasteiger partial charge >= 0.3 is 0 Å². The van der Waals surface area contributed by atoms with Gasteiger partial charge in [-0.05, 0) is 98.2 Å². The first-order chi connectivity index (χ1) is 14.0. The normalized spacial score (nSPS) is 28.8. The van der Waals surface area contributed by atoms with E-state index in [-0.39, 0.29) is 24.4 Å². The van der Waals surface area contributed by atoms with Crippen molar-refractivity contribution in [2.75, 3.05) is 6.61 Å². The molecule has 1 rings (SSSR count). The van der Waals surface area contributed by atoms with Crippen LogP contribution in [0.25, 0.3) is 0 Å². The van der Waals surface area contributed by atoms with Crippen molar-refractivity contribution < 1.29 is 26.9 Å². The standard InChI is InChI=1S/C21H52O6Si5/c1-28(2,3)22-16-17-18(24-29(4,5)6)19(25-30(7,8)9)20(26-31(10,11)12)21(23-17)27-32(13,14)15/h17-21H,16H2,1-15H3/t17-,18+,19+,20-,21?/m1/s1. The first-order valence-corrected chi connectivity index (χ1v) is 29.0. The molecule has 0 aromatic heterocycles. The van der Waals surface area contributed by atoms with E-state index in [1.807, 2.05) is 0 Å². The summed E-state index contributed by atoms with van der Waals surface area (Å²) in [6.45, 7) is 33.6. The first kappa shape index (κ1) is 30.9. The molecule has 0 bridgehead atoms. The molecule has 0 spiro atoms. The lowest BCUT2D eigenvalue weighted by Gasteiger charge is -2.51. The molecule has 0 aliphatic carbocycles. The van der Waals surface area contributed by atoms with Gasteiger partial charge < -0.3 is 26.9 Å². The van der Waals surface area contributed by atoms with E-state index in [9.17, 15) is 0 Å². The molecular formula is C21H52O6Si5. The smallest absolute Gasteiger partial charge is 0.187 e. The van der Waals surface area contributed by atoms with E-state index in [0.717, 1.165) is 0 Å². The molecule has 0 radical (unpaired) electrons. The molecule has 0 aromatic rings. The fraction of sp³-hybridized carbons (Fsp3) is 1.00. The highest BCUT2D eigenvalue weighted by atomic mass is 28.4. The second-order valence-electron chi connectivity index (χ2n) is 13.8. The van der Waals surface area contributed by atoms with Gasteiger partial charge in [-0.25, -0.2) is 0 Å². The first-order valence-electron chi connectivity index (χ1n) is 12.0. The van der Waals surface area contributed by atoms with Crippen LogP contribution in [0.2, 0.25) is 98.2 Å². The Hall–Kier alpha value is 0.844. The maximum Gasteiger partial charge on any atom is 0.187 e. The summed E-state index contributed by atoms with van der Waals surface area (Å²) >= 11 is 0. The molecule has 1 saturated heterocycles. The molecule has 0 amide bonds. The Bertz CT molecular complexity index is 586. The Kier molecular flexibility index (Phi) is 10.5. The second-order valence-corrected chi connectivity index (χ2v) is 36.1. The Labute approximate surface area is 203 Å². The molecule has 0 aromatic carbocycles. The Morgan fingerprint density at radius 1 is 0.469 bits per heavy atom. The Morgan fingerprint density at radius 2 is 0.844 bits per heavy atom. The summed E-state index contributed by atoms with van der Waals surface area (Å²) in [4.78, 5) is 0. The third kappa shape index (κ3) is 12.5. The van der Waals surface area contributed by atoms with Gasteiger partial charge in [0, 0.05) is 0 Å². The molecule has 32 heavy (non-hydrogen) atoms. The zero-order valence-corrected chi connectivity index (χ0v) is 28.5. The molecule has 0 N–H and O–H groups in total. The molecule has 192 valence electrons. The SMILES string of the molecule is C[Si](C)(C)OC[C@H]1OC(O[Si](C)(C)C)[C@H](O[Si](C)(C)C)[C@@H](O[Si](C)(C)C)[C@H]1O[Si](C)(C)C. The van der Waals surface area contributed by atoms with Gasteiger partial charge in [0.2, 0.25) is 0 Å². The maximum atomic E-state index is 6.85. The van der Waals surface area contributed by atoms with Crippen LogP contribution in [-0.2, 0) is 26.9 Å². The van der Waals surface area contributed by atoms with Gasteiger partial charge in [-0.1, -0.05) is 0 Å². The topological polar surface area (TPSA) is 55.4 Å². The number of hydrogen-bond acceptors (Lipinski definition) is 6. The van der Waals surface area contributed by atoms with Gasteiger partial charge in [0.25, 0.3) is 0 Å². The zero-order valence-electron chi connectivity index (χ0n) is 23.5. The molecule has 1 aliphatic rings. The van der Waals surface area contributed by atoms with Crippen LogP contribution >= 0.6 is 0 Å². The summed E-state index contributed by atoms with van der Waals surface area (Å²) in [5.74, 6) is 0. The quantitative estimate of drug-likeness (QED) is 0.296. The van der Waals surface area contributed by atoms with Gasteiger partial charge in [0.15, 0.2) is 47.9 Å². The van der Waals surface area contributed by atoms with Crippen molar-refractivity contribution in [1.82, 2.24) is 0 Å². The van der Waals surface area contributed by atoms with Crippen LogP contribution in [0, 0.1) is 0 Å². The number of hydrogen-bond donors (Lipinski definition) is 0. The third-order valence-corrected chi connectivity index (χ3v) is 9.12. The maximum absolute atomic E-state index is 6.85. The lowest BCUT2D eigenvalue weighted by Crippen LogP contribution is -2.67. The summed E-state index contributed by atoms with van der Waals surface area (Å²) in [6, 6.07) is 0. The minimum absolute atomic E-state index is 0.243. The molecule has 1 aliphatic heterocycles. The largest absolute Gasteiger partial charge is 0.415 e. The van der Waals surface area contributed by atoms with Crippen molar-refractivity contribution in [2.24, 2.45) is 0 Å². The summed E-state index contributed by atoms with van der Waals surface area (Å²) in [6.07, 6.45) is -1.54. The fourth-order valence-corrected chi connectivity index (χ4v) is 8.21. The van der Waals surface area contributed by atoms with Gasteiger partial charge in [-0.15, -0.1) is 0 Å². The van der Waals surface area contributed by atoms with E-state index in [2.05, 4.69) is 98.2 Å². The van der Waals surface area contributed by atoms with E-state index in [1.54, 1.807) is 0 Å². The van der Waals surface area contributed by atoms with Crippen molar-refractivity contribution in [3.63, 3.8) is 0 Å².